The number of morpholine rings is 3. The number of aryl methyl sites for hydroxylation is 3. The average molecular weight is 1210 g/mol. The van der Waals surface area contributed by atoms with Crippen molar-refractivity contribution in [3.63, 3.8) is 0 Å². The monoisotopic (exact) mass is 1210 g/mol. The number of alkyl halides is 3. The third-order valence-corrected chi connectivity index (χ3v) is 14.6. The summed E-state index contributed by atoms with van der Waals surface area (Å²) in [5.74, 6) is -0.692. The molecule has 454 valence electrons. The van der Waals surface area contributed by atoms with Gasteiger partial charge in [0.15, 0.2) is 5.78 Å². The molecule has 3 aliphatic heterocycles. The zero-order valence-electron chi connectivity index (χ0n) is 48.8. The van der Waals surface area contributed by atoms with E-state index < -0.39 is 41.1 Å². The van der Waals surface area contributed by atoms with Crippen LogP contribution in [0.15, 0.2) is 104 Å². The molecular weight excluding hydrogens is 1140 g/mol. The first-order valence-corrected chi connectivity index (χ1v) is 28.6. The van der Waals surface area contributed by atoms with E-state index >= 15 is 0 Å². The Morgan fingerprint density at radius 3 is 1.26 bits per heavy atom. The highest BCUT2D eigenvalue weighted by Gasteiger charge is 2.33. The zero-order valence-corrected chi connectivity index (χ0v) is 49.5. The van der Waals surface area contributed by atoms with Gasteiger partial charge in [0.25, 0.3) is 5.24 Å². The molecule has 0 aliphatic carbocycles. The molecule has 0 unspecified atom stereocenters. The molecule has 10 rings (SSSR count). The Morgan fingerprint density at radius 2 is 0.895 bits per heavy atom. The molecule has 0 spiro atoms. The number of Topliss-reactive ketones (excluding diaryl/α,β-unsaturated/α-hetero) is 1. The lowest BCUT2D eigenvalue weighted by atomic mass is 9.95. The highest BCUT2D eigenvalue weighted by atomic mass is 35.5. The van der Waals surface area contributed by atoms with Gasteiger partial charge in [0.2, 0.25) is 17.6 Å². The lowest BCUT2D eigenvalue weighted by molar-refractivity contribution is -0.141. The van der Waals surface area contributed by atoms with Crippen LogP contribution in [0.5, 0.6) is 17.6 Å². The number of ketones is 1. The second kappa shape index (κ2) is 29.7. The van der Waals surface area contributed by atoms with Gasteiger partial charge in [-0.2, -0.15) is 13.2 Å². The van der Waals surface area contributed by atoms with Crippen LogP contribution in [0.2, 0.25) is 0 Å². The van der Waals surface area contributed by atoms with Crippen LogP contribution in [0.4, 0.5) is 34.6 Å². The lowest BCUT2D eigenvalue weighted by Gasteiger charge is -2.30. The number of hydrogen-bond donors (Lipinski definition) is 1. The predicted molar refractivity (Wildman–Crippen MR) is 320 cm³/mol. The number of carboxylic acid groups (broad SMARTS) is 1. The summed E-state index contributed by atoms with van der Waals surface area (Å²) >= 11 is 5.64. The SMILES string of the molecule is CCOc1ncc(-c2cc(C(=O)Cc3cc(C(F)(F)F)ncc3F)ccc2C)cc1N1CCOCC1.CCOc1ncc(-c2cc(C(=O)Cl)ccc2C)cc1N1CCOCC1.CCOc1ncc(-c2cc(C(=O)O)ccc2C)cc1N1CCOCC1. The highest BCUT2D eigenvalue weighted by molar-refractivity contribution is 6.67. The van der Waals surface area contributed by atoms with Crippen molar-refractivity contribution in [1.82, 2.24) is 19.9 Å². The molecule has 17 nitrogen and oxygen atoms in total. The normalized spacial score (nSPS) is 14.3. The maximum absolute atomic E-state index is 14.1. The number of aromatic nitrogens is 4. The molecule has 0 atom stereocenters. The Morgan fingerprint density at radius 1 is 0.535 bits per heavy atom. The third kappa shape index (κ3) is 16.2. The summed E-state index contributed by atoms with van der Waals surface area (Å²) in [6.07, 6.45) is 0.402. The minimum atomic E-state index is -4.73. The van der Waals surface area contributed by atoms with Crippen molar-refractivity contribution in [1.29, 1.82) is 0 Å². The molecule has 3 fully saturated rings. The number of hydrogen-bond acceptors (Lipinski definition) is 16. The van der Waals surface area contributed by atoms with Crippen LogP contribution in [-0.4, -0.2) is 141 Å². The fraction of sp³-hybridized carbons (Fsp3) is 0.359. The van der Waals surface area contributed by atoms with E-state index in [9.17, 15) is 37.1 Å². The van der Waals surface area contributed by atoms with E-state index in [4.69, 9.17) is 40.0 Å². The number of aromatic carboxylic acids is 1. The van der Waals surface area contributed by atoms with E-state index in [1.165, 1.54) is 0 Å². The van der Waals surface area contributed by atoms with Crippen LogP contribution in [0.3, 0.4) is 0 Å². The maximum atomic E-state index is 14.1. The Kier molecular flexibility index (Phi) is 22.0. The molecule has 3 aromatic carbocycles. The minimum absolute atomic E-state index is 0.252. The van der Waals surface area contributed by atoms with Crippen LogP contribution in [0.25, 0.3) is 33.4 Å². The van der Waals surface area contributed by atoms with Crippen molar-refractivity contribution in [2.45, 2.75) is 54.1 Å². The third-order valence-electron chi connectivity index (χ3n) is 14.4. The van der Waals surface area contributed by atoms with Gasteiger partial charge in [0.05, 0.1) is 71.2 Å². The standard InChI is InChI=1S/C26H25F4N3O3.C19H21ClN2O3.C19H22N2O4/c1-3-36-25-22(33-6-8-35-9-7-33)11-19(14-32-25)20-10-17(5-4-16(20)2)23(34)12-18-13-24(26(28,29)30)31-15-21(18)27;1-3-25-19-17(22-6-8-24-9-7-22)11-15(12-21-19)16-10-14(18(20)23)5-4-13(16)2;1-3-25-18-17(21-6-8-24-9-7-21)11-15(12-20-18)16-10-14(19(22)23)5-4-13(16)2/h4-5,10-11,13-15H,3,6-9,12H2,1-2H3;4-5,10-12H,3,6-9H2,1-2H3;4-5,10-12H,3,6-9H2,1-2H3,(H,22,23). The van der Waals surface area contributed by atoms with Crippen LogP contribution in [-0.2, 0) is 26.8 Å². The van der Waals surface area contributed by atoms with E-state index in [0.717, 1.165) is 93.3 Å². The number of carbonyl (C=O) groups is 3. The summed E-state index contributed by atoms with van der Waals surface area (Å²) in [6, 6.07) is 22.2. The van der Waals surface area contributed by atoms with E-state index in [-0.39, 0.29) is 16.7 Å². The Bertz CT molecular complexity index is 3390. The van der Waals surface area contributed by atoms with Crippen molar-refractivity contribution in [3.8, 4) is 51.0 Å². The van der Waals surface area contributed by atoms with Gasteiger partial charge in [-0.25, -0.2) is 29.1 Å². The second-order valence-corrected chi connectivity index (χ2v) is 20.5. The number of benzene rings is 3. The van der Waals surface area contributed by atoms with Crippen molar-refractivity contribution >= 4 is 45.7 Å². The van der Waals surface area contributed by atoms with Gasteiger partial charge < -0.3 is 48.2 Å². The molecule has 3 aliphatic rings. The van der Waals surface area contributed by atoms with Crippen molar-refractivity contribution in [2.75, 3.05) is 113 Å². The molecule has 4 aromatic heterocycles. The number of carbonyl (C=O) groups excluding carboxylic acids is 2. The van der Waals surface area contributed by atoms with E-state index in [2.05, 4.69) is 40.7 Å². The number of carboxylic acids is 1. The van der Waals surface area contributed by atoms with Crippen molar-refractivity contribution in [3.05, 3.63) is 154 Å². The van der Waals surface area contributed by atoms with E-state index in [1.54, 1.807) is 55.0 Å². The second-order valence-electron chi connectivity index (χ2n) is 20.2. The highest BCUT2D eigenvalue weighted by Crippen LogP contribution is 2.38. The van der Waals surface area contributed by atoms with E-state index in [1.807, 2.05) is 71.9 Å². The van der Waals surface area contributed by atoms with Crippen molar-refractivity contribution in [2.24, 2.45) is 0 Å². The summed E-state index contributed by atoms with van der Waals surface area (Å²) in [7, 11) is 0. The molecule has 0 radical (unpaired) electrons. The molecule has 7 heterocycles. The molecular formula is C64H68ClF4N7O10. The van der Waals surface area contributed by atoms with Gasteiger partial charge in [-0.1, -0.05) is 24.3 Å². The first-order valence-electron chi connectivity index (χ1n) is 28.2. The number of pyridine rings is 4. The fourth-order valence-corrected chi connectivity index (χ4v) is 9.99. The van der Waals surface area contributed by atoms with Crippen LogP contribution < -0.4 is 28.9 Å². The van der Waals surface area contributed by atoms with Gasteiger partial charge in [0, 0.05) is 92.1 Å². The van der Waals surface area contributed by atoms with Gasteiger partial charge >= 0.3 is 12.1 Å². The lowest BCUT2D eigenvalue weighted by Crippen LogP contribution is -2.36. The molecule has 0 saturated carbocycles. The molecule has 0 amide bonds. The Labute approximate surface area is 501 Å². The number of anilines is 3. The summed E-state index contributed by atoms with van der Waals surface area (Å²) in [4.78, 5) is 58.9. The van der Waals surface area contributed by atoms with Crippen molar-refractivity contribution < 1.29 is 65.5 Å². The van der Waals surface area contributed by atoms with E-state index in [0.29, 0.717) is 108 Å². The number of nitrogens with zero attached hydrogens (tertiary/aromatic N) is 7. The molecule has 86 heavy (non-hydrogen) atoms. The number of halogens is 5. The molecule has 7 aromatic rings. The quantitative estimate of drug-likeness (QED) is 0.0514. The minimum Gasteiger partial charge on any atom is -0.478 e. The Balaban J connectivity index is 0.000000172. The Hall–Kier alpha value is -8.24. The molecule has 0 bridgehead atoms. The summed E-state index contributed by atoms with van der Waals surface area (Å²) in [6.45, 7) is 21.5. The fourth-order valence-electron chi connectivity index (χ4n) is 9.87. The first-order chi connectivity index (χ1) is 41.4. The molecule has 3 saturated heterocycles. The number of ether oxygens (including phenoxy) is 6. The first kappa shape index (κ1) is 63.8. The summed E-state index contributed by atoms with van der Waals surface area (Å²) in [5.41, 5.74) is 10.1. The van der Waals surface area contributed by atoms with Gasteiger partial charge in [-0.3, -0.25) is 9.59 Å². The smallest absolute Gasteiger partial charge is 0.433 e. The van der Waals surface area contributed by atoms with Gasteiger partial charge in [-0.05, 0) is 147 Å². The average Bonchev–Trinajstić information content (AvgIpc) is 3.50. The van der Waals surface area contributed by atoms with Gasteiger partial charge in [0.1, 0.15) is 28.6 Å². The maximum Gasteiger partial charge on any atom is 0.433 e. The molecule has 1 N–H and O–H groups in total. The zero-order chi connectivity index (χ0) is 61.5. The van der Waals surface area contributed by atoms with Crippen LogP contribution in [0, 0.1) is 26.6 Å². The predicted octanol–water partition coefficient (Wildman–Crippen LogP) is 11.9. The van der Waals surface area contributed by atoms with Crippen LogP contribution >= 0.6 is 11.6 Å². The molecule has 22 heteroatoms. The van der Waals surface area contributed by atoms with Crippen LogP contribution in [0.1, 0.15) is 79.8 Å². The largest absolute Gasteiger partial charge is 0.478 e. The van der Waals surface area contributed by atoms with Gasteiger partial charge in [-0.15, -0.1) is 0 Å². The summed E-state index contributed by atoms with van der Waals surface area (Å²) < 4.78 is 86.6. The topological polar surface area (TPSA) is 188 Å². The summed E-state index contributed by atoms with van der Waals surface area (Å²) in [5, 5.41) is 8.80. The number of rotatable bonds is 17.